The number of aliphatic hydroxyl groups excluding tert-OH is 2. The molecule has 0 aliphatic heterocycles. The molecule has 0 aliphatic rings. The monoisotopic (exact) mass is 504 g/mol. The minimum atomic E-state index is -0.409. The van der Waals surface area contributed by atoms with Crippen LogP contribution in [0, 0.1) is 6.92 Å². The van der Waals surface area contributed by atoms with Gasteiger partial charge in [0.25, 0.3) is 11.5 Å². The minimum absolute atomic E-state index is 0.0685. The Morgan fingerprint density at radius 3 is 2.49 bits per heavy atom. The first-order valence-electron chi connectivity index (χ1n) is 11.6. The third kappa shape index (κ3) is 5.16. The Labute approximate surface area is 213 Å². The maximum absolute atomic E-state index is 13.0. The zero-order valence-electron chi connectivity index (χ0n) is 21.0. The van der Waals surface area contributed by atoms with Crippen molar-refractivity contribution in [1.29, 1.82) is 0 Å². The Bertz CT molecular complexity index is 1530. The first-order chi connectivity index (χ1) is 17.8. The van der Waals surface area contributed by atoms with Crippen LogP contribution < -0.4 is 15.0 Å². The third-order valence-electron chi connectivity index (χ3n) is 5.82. The van der Waals surface area contributed by atoms with Crippen molar-refractivity contribution in [2.75, 3.05) is 34.4 Å². The molecule has 0 spiro atoms. The van der Waals surface area contributed by atoms with Gasteiger partial charge in [-0.3, -0.25) is 9.59 Å². The molecule has 2 heterocycles. The summed E-state index contributed by atoms with van der Waals surface area (Å²) in [7, 11) is 4.82. The molecule has 2 aromatic heterocycles. The average Bonchev–Trinajstić information content (AvgIpc) is 2.90. The summed E-state index contributed by atoms with van der Waals surface area (Å²) >= 11 is 0. The van der Waals surface area contributed by atoms with Gasteiger partial charge in [0.1, 0.15) is 34.9 Å². The van der Waals surface area contributed by atoms with Crippen LogP contribution in [0.3, 0.4) is 0 Å². The van der Waals surface area contributed by atoms with Crippen molar-refractivity contribution in [2.24, 2.45) is 0 Å². The fraction of sp³-hybridized carbons (Fsp3) is 0.259. The number of nitrogens with one attached hydrogen (secondary N) is 1. The predicted octanol–water partition coefficient (Wildman–Crippen LogP) is 2.53. The van der Waals surface area contributed by atoms with Crippen LogP contribution in [0.1, 0.15) is 21.5 Å². The molecular weight excluding hydrogens is 476 g/mol. The van der Waals surface area contributed by atoms with Gasteiger partial charge in [0, 0.05) is 25.2 Å². The molecule has 192 valence electrons. The minimum Gasteiger partial charge on any atom is -0.496 e. The number of aryl methyl sites for hydroxylation is 1. The fourth-order valence-corrected chi connectivity index (χ4v) is 4.03. The molecule has 0 bridgehead atoms. The van der Waals surface area contributed by atoms with E-state index in [-0.39, 0.29) is 36.9 Å². The number of H-pyrrole nitrogens is 1. The largest absolute Gasteiger partial charge is 0.496 e. The van der Waals surface area contributed by atoms with E-state index in [1.165, 1.54) is 12.0 Å². The van der Waals surface area contributed by atoms with Crippen molar-refractivity contribution in [3.05, 3.63) is 69.5 Å². The summed E-state index contributed by atoms with van der Waals surface area (Å²) in [5, 5.41) is 19.2. The maximum Gasteiger partial charge on any atom is 0.262 e. The van der Waals surface area contributed by atoms with Crippen molar-refractivity contribution in [2.45, 2.75) is 13.5 Å². The summed E-state index contributed by atoms with van der Waals surface area (Å²) in [6, 6.07) is 11.9. The van der Waals surface area contributed by atoms with Crippen molar-refractivity contribution in [3.8, 4) is 34.3 Å². The van der Waals surface area contributed by atoms with Gasteiger partial charge in [-0.25, -0.2) is 9.97 Å². The predicted molar refractivity (Wildman–Crippen MR) is 139 cm³/mol. The van der Waals surface area contributed by atoms with Crippen LogP contribution in [-0.2, 0) is 6.61 Å². The molecule has 0 unspecified atom stereocenters. The van der Waals surface area contributed by atoms with Crippen molar-refractivity contribution < 1.29 is 24.5 Å². The van der Waals surface area contributed by atoms with E-state index < -0.39 is 5.56 Å². The molecule has 37 heavy (non-hydrogen) atoms. The SMILES string of the molecule is COc1cc(CO)cc2nc(-c3ccc(OCCO)c(-c4ccc(C(=O)N(C)C)cc4C)n3)[nH]c(=O)c12. The molecule has 3 N–H and O–H groups in total. The van der Waals surface area contributed by atoms with Crippen LogP contribution in [0.15, 0.2) is 47.3 Å². The van der Waals surface area contributed by atoms with E-state index in [9.17, 15) is 19.8 Å². The Kier molecular flexibility index (Phi) is 7.51. The highest BCUT2D eigenvalue weighted by Gasteiger charge is 2.18. The number of aromatic amines is 1. The number of carbonyl (C=O) groups is 1. The number of carbonyl (C=O) groups excluding carboxylic acids is 1. The van der Waals surface area contributed by atoms with Gasteiger partial charge >= 0.3 is 0 Å². The molecule has 4 aromatic rings. The number of fused-ring (bicyclic) bond motifs is 1. The number of methoxy groups -OCH3 is 1. The number of hydrogen-bond acceptors (Lipinski definition) is 8. The van der Waals surface area contributed by atoms with Crippen LogP contribution in [0.25, 0.3) is 33.7 Å². The van der Waals surface area contributed by atoms with E-state index in [0.717, 1.165) is 11.1 Å². The summed E-state index contributed by atoms with van der Waals surface area (Å²) in [4.78, 5) is 39.0. The van der Waals surface area contributed by atoms with E-state index in [0.29, 0.717) is 39.5 Å². The Morgan fingerprint density at radius 1 is 1.05 bits per heavy atom. The molecular formula is C27H28N4O6. The molecule has 4 rings (SSSR count). The van der Waals surface area contributed by atoms with Gasteiger partial charge in [0.2, 0.25) is 0 Å². The molecule has 10 heteroatoms. The highest BCUT2D eigenvalue weighted by Crippen LogP contribution is 2.33. The summed E-state index contributed by atoms with van der Waals surface area (Å²) in [6.45, 7) is 1.52. The lowest BCUT2D eigenvalue weighted by Gasteiger charge is -2.16. The number of nitrogens with zero attached hydrogens (tertiary/aromatic N) is 3. The second-order valence-electron chi connectivity index (χ2n) is 8.61. The Hall–Kier alpha value is -4.28. The van der Waals surface area contributed by atoms with E-state index in [2.05, 4.69) is 9.97 Å². The Morgan fingerprint density at radius 2 is 1.84 bits per heavy atom. The smallest absolute Gasteiger partial charge is 0.262 e. The average molecular weight is 505 g/mol. The zero-order valence-corrected chi connectivity index (χ0v) is 21.0. The number of ether oxygens (including phenoxy) is 2. The van der Waals surface area contributed by atoms with Gasteiger partial charge in [-0.1, -0.05) is 6.07 Å². The number of pyridine rings is 1. The molecule has 0 atom stereocenters. The lowest BCUT2D eigenvalue weighted by Crippen LogP contribution is -2.21. The van der Waals surface area contributed by atoms with Crippen molar-refractivity contribution >= 4 is 16.8 Å². The first kappa shape index (κ1) is 25.8. The van der Waals surface area contributed by atoms with Crippen LogP contribution in [-0.4, -0.2) is 70.4 Å². The maximum atomic E-state index is 13.0. The quantitative estimate of drug-likeness (QED) is 0.333. The van der Waals surface area contributed by atoms with Crippen LogP contribution in [0.2, 0.25) is 0 Å². The molecule has 0 saturated carbocycles. The fourth-order valence-electron chi connectivity index (χ4n) is 4.03. The Balaban J connectivity index is 1.88. The topological polar surface area (TPSA) is 138 Å². The zero-order chi connectivity index (χ0) is 26.7. The molecule has 0 aliphatic carbocycles. The number of amides is 1. The lowest BCUT2D eigenvalue weighted by atomic mass is 10.0. The van der Waals surface area contributed by atoms with Crippen molar-refractivity contribution in [3.63, 3.8) is 0 Å². The van der Waals surface area contributed by atoms with Crippen LogP contribution in [0.5, 0.6) is 11.5 Å². The lowest BCUT2D eigenvalue weighted by molar-refractivity contribution is 0.0827. The van der Waals surface area contributed by atoms with Gasteiger partial charge in [-0.2, -0.15) is 0 Å². The second kappa shape index (κ2) is 10.8. The van der Waals surface area contributed by atoms with Gasteiger partial charge < -0.3 is 29.6 Å². The van der Waals surface area contributed by atoms with E-state index >= 15 is 0 Å². The molecule has 0 saturated heterocycles. The van der Waals surface area contributed by atoms with Gasteiger partial charge in [-0.15, -0.1) is 0 Å². The molecule has 2 aromatic carbocycles. The number of aliphatic hydroxyl groups is 2. The van der Waals surface area contributed by atoms with Gasteiger partial charge in [-0.05, 0) is 54.4 Å². The molecule has 0 fully saturated rings. The third-order valence-corrected chi connectivity index (χ3v) is 5.82. The van der Waals surface area contributed by atoms with Gasteiger partial charge in [0.05, 0.1) is 25.8 Å². The number of aromatic nitrogens is 3. The number of benzene rings is 2. The highest BCUT2D eigenvalue weighted by atomic mass is 16.5. The van der Waals surface area contributed by atoms with E-state index in [4.69, 9.17) is 14.5 Å². The van der Waals surface area contributed by atoms with Gasteiger partial charge in [0.15, 0.2) is 5.82 Å². The summed E-state index contributed by atoms with van der Waals surface area (Å²) in [5.41, 5.74) is 3.40. The number of rotatable bonds is 8. The van der Waals surface area contributed by atoms with E-state index in [1.54, 1.807) is 56.6 Å². The van der Waals surface area contributed by atoms with Crippen molar-refractivity contribution in [1.82, 2.24) is 19.9 Å². The number of hydrogen-bond donors (Lipinski definition) is 3. The molecule has 0 radical (unpaired) electrons. The molecule has 10 nitrogen and oxygen atoms in total. The van der Waals surface area contributed by atoms with Crippen LogP contribution in [0.4, 0.5) is 0 Å². The van der Waals surface area contributed by atoms with Crippen LogP contribution >= 0.6 is 0 Å². The molecule has 1 amide bonds. The first-order valence-corrected chi connectivity index (χ1v) is 11.6. The standard InChI is InChI=1S/C27H28N4O6/c1-15-11-17(27(35)31(2)3)5-6-18(15)24-21(37-10-9-32)8-7-19(28-24)25-29-20-12-16(14-33)13-22(36-4)23(20)26(34)30-25/h5-8,11-13,32-33H,9-10,14H2,1-4H3,(H,29,30,34). The normalized spacial score (nSPS) is 11.0. The highest BCUT2D eigenvalue weighted by molar-refractivity contribution is 5.95. The van der Waals surface area contributed by atoms with E-state index in [1.807, 2.05) is 6.92 Å². The summed E-state index contributed by atoms with van der Waals surface area (Å²) in [5.74, 6) is 0.844. The second-order valence-corrected chi connectivity index (χ2v) is 8.61. The summed E-state index contributed by atoms with van der Waals surface area (Å²) in [6.07, 6.45) is 0. The summed E-state index contributed by atoms with van der Waals surface area (Å²) < 4.78 is 11.1.